The zero-order valence-corrected chi connectivity index (χ0v) is 10.9. The number of hydrogen-bond acceptors (Lipinski definition) is 3. The lowest BCUT2D eigenvalue weighted by molar-refractivity contribution is 0.597. The molecular formula is C12H17NS2. The Morgan fingerprint density at radius 1 is 1.53 bits per heavy atom. The number of fused-ring (bicyclic) bond motifs is 1. The third kappa shape index (κ3) is 2.52. The third-order valence-corrected chi connectivity index (χ3v) is 4.53. The lowest BCUT2D eigenvalue weighted by atomic mass is 10.0. The molecule has 1 atom stereocenters. The first-order chi connectivity index (χ1) is 7.35. The van der Waals surface area contributed by atoms with Crippen molar-refractivity contribution >= 4 is 23.5 Å². The maximum absolute atomic E-state index is 3.56. The second-order valence-corrected chi connectivity index (χ2v) is 5.60. The lowest BCUT2D eigenvalue weighted by Crippen LogP contribution is -2.26. The van der Waals surface area contributed by atoms with Gasteiger partial charge in [0.25, 0.3) is 0 Å². The van der Waals surface area contributed by atoms with Gasteiger partial charge >= 0.3 is 0 Å². The molecule has 1 aliphatic heterocycles. The second-order valence-electron chi connectivity index (χ2n) is 3.69. The van der Waals surface area contributed by atoms with E-state index in [4.69, 9.17) is 0 Å². The smallest absolute Gasteiger partial charge is 0.0415 e. The molecular weight excluding hydrogens is 222 g/mol. The van der Waals surface area contributed by atoms with Crippen LogP contribution < -0.4 is 5.32 Å². The molecule has 1 heterocycles. The molecule has 0 amide bonds. The summed E-state index contributed by atoms with van der Waals surface area (Å²) in [6.07, 6.45) is 2.14. The summed E-state index contributed by atoms with van der Waals surface area (Å²) in [5, 5.41) is 3.56. The Labute approximate surface area is 100 Å². The van der Waals surface area contributed by atoms with Gasteiger partial charge in [0, 0.05) is 22.4 Å². The fraction of sp³-hybridized carbons (Fsp3) is 0.500. The van der Waals surface area contributed by atoms with Gasteiger partial charge in [-0.05, 0) is 36.1 Å². The Morgan fingerprint density at radius 3 is 3.13 bits per heavy atom. The first-order valence-electron chi connectivity index (χ1n) is 5.33. The van der Waals surface area contributed by atoms with Crippen LogP contribution in [0.15, 0.2) is 23.1 Å². The van der Waals surface area contributed by atoms with E-state index in [1.165, 1.54) is 27.5 Å². The molecule has 1 unspecified atom stereocenters. The van der Waals surface area contributed by atoms with Gasteiger partial charge in [-0.15, -0.1) is 11.8 Å². The minimum absolute atomic E-state index is 0.552. The van der Waals surface area contributed by atoms with Gasteiger partial charge in [0.2, 0.25) is 0 Å². The molecule has 0 saturated carbocycles. The van der Waals surface area contributed by atoms with Crippen LogP contribution in [0.4, 0.5) is 0 Å². The van der Waals surface area contributed by atoms with E-state index in [1.54, 1.807) is 0 Å². The molecule has 15 heavy (non-hydrogen) atoms. The molecule has 1 aromatic carbocycles. The summed E-state index contributed by atoms with van der Waals surface area (Å²) in [6, 6.07) is 7.43. The zero-order valence-electron chi connectivity index (χ0n) is 9.25. The number of benzene rings is 1. The maximum Gasteiger partial charge on any atom is 0.0415 e. The topological polar surface area (TPSA) is 12.0 Å². The summed E-state index contributed by atoms with van der Waals surface area (Å²) in [6.45, 7) is 3.23. The van der Waals surface area contributed by atoms with E-state index in [1.807, 2.05) is 23.5 Å². The summed E-state index contributed by atoms with van der Waals surface area (Å²) in [5.74, 6) is 2.38. The minimum atomic E-state index is 0.552. The van der Waals surface area contributed by atoms with Crippen molar-refractivity contribution in [1.82, 2.24) is 5.32 Å². The fourth-order valence-corrected chi connectivity index (χ4v) is 3.53. The van der Waals surface area contributed by atoms with E-state index in [0.29, 0.717) is 6.04 Å². The van der Waals surface area contributed by atoms with Gasteiger partial charge in [-0.25, -0.2) is 0 Å². The normalized spacial score (nSPS) is 20.0. The predicted molar refractivity (Wildman–Crippen MR) is 70.8 cm³/mol. The zero-order chi connectivity index (χ0) is 10.7. The lowest BCUT2D eigenvalue weighted by Gasteiger charge is -2.26. The summed E-state index contributed by atoms with van der Waals surface area (Å²) in [7, 11) is 0. The highest BCUT2D eigenvalue weighted by Crippen LogP contribution is 2.33. The summed E-state index contributed by atoms with van der Waals surface area (Å²) >= 11 is 3.86. The highest BCUT2D eigenvalue weighted by Gasteiger charge is 2.19. The van der Waals surface area contributed by atoms with Crippen LogP contribution in [0.3, 0.4) is 0 Å². The molecule has 0 bridgehead atoms. The summed E-state index contributed by atoms with van der Waals surface area (Å²) in [5.41, 5.74) is 3.03. The molecule has 3 heteroatoms. The Hall–Kier alpha value is -0.120. The van der Waals surface area contributed by atoms with Crippen molar-refractivity contribution in [2.24, 2.45) is 0 Å². The van der Waals surface area contributed by atoms with Crippen LogP contribution in [0.1, 0.15) is 24.1 Å². The standard InChI is InChI=1S/C12H17NS2/c1-3-13-12-8-15-7-9-4-5-10(14-2)6-11(9)12/h4-6,12-13H,3,7-8H2,1-2H3. The molecule has 1 aromatic rings. The summed E-state index contributed by atoms with van der Waals surface area (Å²) in [4.78, 5) is 1.38. The molecule has 2 rings (SSSR count). The molecule has 82 valence electrons. The molecule has 0 aliphatic carbocycles. The third-order valence-electron chi connectivity index (χ3n) is 2.72. The quantitative estimate of drug-likeness (QED) is 0.813. The molecule has 0 spiro atoms. The van der Waals surface area contributed by atoms with E-state index in [9.17, 15) is 0 Å². The molecule has 0 radical (unpaired) electrons. The molecule has 1 N–H and O–H groups in total. The van der Waals surface area contributed by atoms with Crippen LogP contribution in [0, 0.1) is 0 Å². The van der Waals surface area contributed by atoms with E-state index in [-0.39, 0.29) is 0 Å². The van der Waals surface area contributed by atoms with E-state index in [0.717, 1.165) is 6.54 Å². The van der Waals surface area contributed by atoms with Gasteiger partial charge in [0.15, 0.2) is 0 Å². The molecule has 0 fully saturated rings. The van der Waals surface area contributed by atoms with Crippen LogP contribution >= 0.6 is 23.5 Å². The Bertz CT molecular complexity index is 338. The van der Waals surface area contributed by atoms with Crippen LogP contribution in [-0.4, -0.2) is 18.6 Å². The van der Waals surface area contributed by atoms with Gasteiger partial charge < -0.3 is 5.32 Å². The molecule has 1 nitrogen and oxygen atoms in total. The van der Waals surface area contributed by atoms with Crippen molar-refractivity contribution in [2.45, 2.75) is 23.6 Å². The largest absolute Gasteiger partial charge is 0.309 e. The van der Waals surface area contributed by atoms with Gasteiger partial charge in [0.05, 0.1) is 0 Å². The Kier molecular flexibility index (Phi) is 4.00. The van der Waals surface area contributed by atoms with E-state index < -0.39 is 0 Å². The van der Waals surface area contributed by atoms with Gasteiger partial charge in [-0.2, -0.15) is 11.8 Å². The van der Waals surface area contributed by atoms with Crippen molar-refractivity contribution < 1.29 is 0 Å². The average Bonchev–Trinajstić information content (AvgIpc) is 2.29. The highest BCUT2D eigenvalue weighted by molar-refractivity contribution is 7.98. The van der Waals surface area contributed by atoms with Crippen molar-refractivity contribution in [2.75, 3.05) is 18.6 Å². The maximum atomic E-state index is 3.56. The van der Waals surface area contributed by atoms with Gasteiger partial charge in [0.1, 0.15) is 0 Å². The molecule has 1 aliphatic rings. The van der Waals surface area contributed by atoms with Gasteiger partial charge in [-0.1, -0.05) is 13.0 Å². The first-order valence-corrected chi connectivity index (χ1v) is 7.71. The van der Waals surface area contributed by atoms with Crippen LogP contribution in [0.5, 0.6) is 0 Å². The van der Waals surface area contributed by atoms with Crippen LogP contribution in [0.25, 0.3) is 0 Å². The minimum Gasteiger partial charge on any atom is -0.309 e. The molecule has 0 aromatic heterocycles. The highest BCUT2D eigenvalue weighted by atomic mass is 32.2. The fourth-order valence-electron chi connectivity index (χ4n) is 1.95. The van der Waals surface area contributed by atoms with Crippen molar-refractivity contribution in [1.29, 1.82) is 0 Å². The van der Waals surface area contributed by atoms with Crippen molar-refractivity contribution in [3.05, 3.63) is 29.3 Å². The van der Waals surface area contributed by atoms with Crippen molar-refractivity contribution in [3.63, 3.8) is 0 Å². The van der Waals surface area contributed by atoms with Crippen LogP contribution in [-0.2, 0) is 5.75 Å². The number of thioether (sulfide) groups is 2. The summed E-state index contributed by atoms with van der Waals surface area (Å²) < 4.78 is 0. The second kappa shape index (κ2) is 5.28. The average molecular weight is 239 g/mol. The molecule has 0 saturated heterocycles. The number of nitrogens with one attached hydrogen (secondary N) is 1. The van der Waals surface area contributed by atoms with Crippen LogP contribution in [0.2, 0.25) is 0 Å². The van der Waals surface area contributed by atoms with E-state index in [2.05, 4.69) is 36.7 Å². The predicted octanol–water partition coefficient (Wildman–Crippen LogP) is 3.31. The first kappa shape index (κ1) is 11.4. The number of rotatable bonds is 3. The SMILES string of the molecule is CCNC1CSCc2ccc(SC)cc21. The van der Waals surface area contributed by atoms with Gasteiger partial charge in [-0.3, -0.25) is 0 Å². The number of hydrogen-bond donors (Lipinski definition) is 1. The Morgan fingerprint density at radius 2 is 2.40 bits per heavy atom. The van der Waals surface area contributed by atoms with E-state index >= 15 is 0 Å². The van der Waals surface area contributed by atoms with Crippen molar-refractivity contribution in [3.8, 4) is 0 Å². The Balaban J connectivity index is 2.30. The monoisotopic (exact) mass is 239 g/mol.